The van der Waals surface area contributed by atoms with Crippen LogP contribution >= 0.6 is 0 Å². The molecule has 0 aromatic carbocycles. The van der Waals surface area contributed by atoms with Crippen LogP contribution in [-0.4, -0.2) is 34.1 Å². The number of piperidine rings is 1. The highest BCUT2D eigenvalue weighted by Crippen LogP contribution is 2.19. The summed E-state index contributed by atoms with van der Waals surface area (Å²) in [7, 11) is 0. The Labute approximate surface area is 93.7 Å². The normalized spacial score (nSPS) is 21.1. The molecule has 5 nitrogen and oxygen atoms in total. The van der Waals surface area contributed by atoms with Crippen molar-refractivity contribution in [1.29, 1.82) is 0 Å². The van der Waals surface area contributed by atoms with Crippen LogP contribution in [0, 0.1) is 0 Å². The second-order valence-electron chi connectivity index (χ2n) is 4.15. The van der Waals surface area contributed by atoms with E-state index in [1.807, 2.05) is 12.3 Å². The molecule has 0 radical (unpaired) electrons. The highest BCUT2D eigenvalue weighted by atomic mass is 15.1. The predicted molar refractivity (Wildman–Crippen MR) is 63.4 cm³/mol. The van der Waals surface area contributed by atoms with E-state index in [4.69, 9.17) is 0 Å². The molecule has 0 aliphatic carbocycles. The zero-order valence-corrected chi connectivity index (χ0v) is 9.03. The number of aromatic nitrogens is 3. The molecule has 0 amide bonds. The fourth-order valence-corrected chi connectivity index (χ4v) is 2.16. The molecule has 0 bridgehead atoms. The van der Waals surface area contributed by atoms with Gasteiger partial charge < -0.3 is 15.6 Å². The van der Waals surface area contributed by atoms with Crippen molar-refractivity contribution < 1.29 is 0 Å². The van der Waals surface area contributed by atoms with Crippen molar-refractivity contribution in [3.8, 4) is 0 Å². The first-order valence-corrected chi connectivity index (χ1v) is 5.69. The Balaban J connectivity index is 1.85. The van der Waals surface area contributed by atoms with Gasteiger partial charge in [-0.3, -0.25) is 0 Å². The average Bonchev–Trinajstić information content (AvgIpc) is 2.80. The highest BCUT2D eigenvalue weighted by molar-refractivity contribution is 5.86. The van der Waals surface area contributed by atoms with Crippen LogP contribution in [0.25, 0.3) is 11.0 Å². The lowest BCUT2D eigenvalue weighted by Gasteiger charge is -2.24. The molecule has 2 aromatic rings. The van der Waals surface area contributed by atoms with Crippen molar-refractivity contribution in [2.75, 3.05) is 18.4 Å². The zero-order valence-electron chi connectivity index (χ0n) is 9.03. The molecule has 0 spiro atoms. The molecule has 1 aliphatic heterocycles. The van der Waals surface area contributed by atoms with E-state index in [1.165, 1.54) is 12.8 Å². The van der Waals surface area contributed by atoms with Crippen LogP contribution < -0.4 is 10.6 Å². The number of rotatable bonds is 2. The second kappa shape index (κ2) is 4.09. The van der Waals surface area contributed by atoms with Gasteiger partial charge in [-0.15, -0.1) is 0 Å². The standard InChI is InChI=1S/C11H15N5/c1-2-8(6-12-4-1)16-11-9-3-5-13-10(9)14-7-15-11/h3,5,7-8,12H,1-2,4,6H2,(H2,13,14,15,16). The third-order valence-corrected chi connectivity index (χ3v) is 2.99. The molecule has 3 rings (SSSR count). The van der Waals surface area contributed by atoms with Crippen molar-refractivity contribution in [3.05, 3.63) is 18.6 Å². The lowest BCUT2D eigenvalue weighted by atomic mass is 10.1. The van der Waals surface area contributed by atoms with Gasteiger partial charge in [0.25, 0.3) is 0 Å². The van der Waals surface area contributed by atoms with Crippen LogP contribution in [0.3, 0.4) is 0 Å². The molecule has 1 unspecified atom stereocenters. The minimum Gasteiger partial charge on any atom is -0.365 e. The molecule has 0 saturated carbocycles. The Morgan fingerprint density at radius 2 is 2.38 bits per heavy atom. The summed E-state index contributed by atoms with van der Waals surface area (Å²) in [6.45, 7) is 2.14. The molecule has 3 N–H and O–H groups in total. The van der Waals surface area contributed by atoms with Crippen LogP contribution in [-0.2, 0) is 0 Å². The summed E-state index contributed by atoms with van der Waals surface area (Å²) in [4.78, 5) is 11.6. The molecule has 16 heavy (non-hydrogen) atoms. The first kappa shape index (κ1) is 9.59. The van der Waals surface area contributed by atoms with Gasteiger partial charge in [-0.05, 0) is 25.5 Å². The topological polar surface area (TPSA) is 65.6 Å². The monoisotopic (exact) mass is 217 g/mol. The SMILES string of the molecule is c1nc(NC2CCCNC2)c2cc[nH]c2n1. The summed E-state index contributed by atoms with van der Waals surface area (Å²) in [5.74, 6) is 0.931. The molecule has 1 saturated heterocycles. The Bertz CT molecular complexity index is 472. The zero-order chi connectivity index (χ0) is 10.8. The number of hydrogen-bond donors (Lipinski definition) is 3. The molecular weight excluding hydrogens is 202 g/mol. The third-order valence-electron chi connectivity index (χ3n) is 2.99. The number of aromatic amines is 1. The molecule has 84 valence electrons. The maximum absolute atomic E-state index is 4.30. The van der Waals surface area contributed by atoms with Crippen molar-refractivity contribution in [2.24, 2.45) is 0 Å². The van der Waals surface area contributed by atoms with E-state index in [0.29, 0.717) is 6.04 Å². The third kappa shape index (κ3) is 1.74. The van der Waals surface area contributed by atoms with Crippen molar-refractivity contribution in [3.63, 3.8) is 0 Å². The summed E-state index contributed by atoms with van der Waals surface area (Å²) in [6.07, 6.45) is 5.91. The maximum Gasteiger partial charge on any atom is 0.142 e. The van der Waals surface area contributed by atoms with E-state index in [1.54, 1.807) is 6.33 Å². The van der Waals surface area contributed by atoms with Gasteiger partial charge in [0.2, 0.25) is 0 Å². The molecule has 1 aliphatic rings. The van der Waals surface area contributed by atoms with E-state index in [-0.39, 0.29) is 0 Å². The molecule has 1 atom stereocenters. The van der Waals surface area contributed by atoms with Gasteiger partial charge in [-0.2, -0.15) is 0 Å². The first-order valence-electron chi connectivity index (χ1n) is 5.69. The van der Waals surface area contributed by atoms with Gasteiger partial charge in [-0.1, -0.05) is 0 Å². The summed E-state index contributed by atoms with van der Waals surface area (Å²) in [5.41, 5.74) is 0.890. The second-order valence-corrected chi connectivity index (χ2v) is 4.15. The Kier molecular flexibility index (Phi) is 2.46. The quantitative estimate of drug-likeness (QED) is 0.705. The predicted octanol–water partition coefficient (Wildman–Crippen LogP) is 1.12. The molecule has 3 heterocycles. The average molecular weight is 217 g/mol. The summed E-state index contributed by atoms with van der Waals surface area (Å²) in [6, 6.07) is 2.48. The van der Waals surface area contributed by atoms with Gasteiger partial charge in [0.05, 0.1) is 5.39 Å². The van der Waals surface area contributed by atoms with Crippen molar-refractivity contribution in [2.45, 2.75) is 18.9 Å². The lowest BCUT2D eigenvalue weighted by Crippen LogP contribution is -2.38. The summed E-state index contributed by atoms with van der Waals surface area (Å²) in [5, 5.41) is 7.92. The Morgan fingerprint density at radius 3 is 3.25 bits per heavy atom. The Hall–Kier alpha value is -1.62. The van der Waals surface area contributed by atoms with E-state index in [9.17, 15) is 0 Å². The number of H-pyrrole nitrogens is 1. The van der Waals surface area contributed by atoms with Gasteiger partial charge in [0.1, 0.15) is 17.8 Å². The molecule has 1 fully saturated rings. The van der Waals surface area contributed by atoms with Crippen molar-refractivity contribution in [1.82, 2.24) is 20.3 Å². The number of hydrogen-bond acceptors (Lipinski definition) is 4. The largest absolute Gasteiger partial charge is 0.365 e. The number of fused-ring (bicyclic) bond motifs is 1. The summed E-state index contributed by atoms with van der Waals surface area (Å²) >= 11 is 0. The van der Waals surface area contributed by atoms with Crippen molar-refractivity contribution >= 4 is 16.9 Å². The van der Waals surface area contributed by atoms with Crippen LogP contribution in [0.5, 0.6) is 0 Å². The van der Waals surface area contributed by atoms with Gasteiger partial charge in [0.15, 0.2) is 0 Å². The number of anilines is 1. The highest BCUT2D eigenvalue weighted by Gasteiger charge is 2.14. The van der Waals surface area contributed by atoms with E-state index in [2.05, 4.69) is 25.6 Å². The van der Waals surface area contributed by atoms with E-state index < -0.39 is 0 Å². The maximum atomic E-state index is 4.30. The molecule has 2 aromatic heterocycles. The van der Waals surface area contributed by atoms with Gasteiger partial charge in [-0.25, -0.2) is 9.97 Å². The van der Waals surface area contributed by atoms with E-state index >= 15 is 0 Å². The van der Waals surface area contributed by atoms with Gasteiger partial charge >= 0.3 is 0 Å². The molecular formula is C11H15N5. The van der Waals surface area contributed by atoms with Crippen LogP contribution in [0.15, 0.2) is 18.6 Å². The first-order chi connectivity index (χ1) is 7.93. The van der Waals surface area contributed by atoms with Crippen LogP contribution in [0.1, 0.15) is 12.8 Å². The Morgan fingerprint density at radius 1 is 1.38 bits per heavy atom. The fourth-order valence-electron chi connectivity index (χ4n) is 2.16. The fraction of sp³-hybridized carbons (Fsp3) is 0.455. The smallest absolute Gasteiger partial charge is 0.142 e. The van der Waals surface area contributed by atoms with Crippen LogP contribution in [0.4, 0.5) is 5.82 Å². The number of nitrogens with one attached hydrogen (secondary N) is 3. The molecule has 5 heteroatoms. The van der Waals surface area contributed by atoms with Gasteiger partial charge in [0, 0.05) is 18.8 Å². The summed E-state index contributed by atoms with van der Waals surface area (Å²) < 4.78 is 0. The van der Waals surface area contributed by atoms with Crippen LogP contribution in [0.2, 0.25) is 0 Å². The minimum atomic E-state index is 0.474. The number of nitrogens with zero attached hydrogens (tertiary/aromatic N) is 2. The lowest BCUT2D eigenvalue weighted by molar-refractivity contribution is 0.479. The minimum absolute atomic E-state index is 0.474. The van der Waals surface area contributed by atoms with E-state index in [0.717, 1.165) is 29.9 Å².